The van der Waals surface area contributed by atoms with Crippen LogP contribution in [0.5, 0.6) is 0 Å². The highest BCUT2D eigenvalue weighted by Gasteiger charge is 2.17. The molecule has 1 aromatic carbocycles. The molecule has 1 atom stereocenters. The Labute approximate surface area is 159 Å². The molecular formula is C22H36N2S. The predicted octanol–water partition coefficient (Wildman–Crippen LogP) is 5.21. The van der Waals surface area contributed by atoms with Gasteiger partial charge in [-0.1, -0.05) is 57.5 Å². The Morgan fingerprint density at radius 3 is 2.36 bits per heavy atom. The van der Waals surface area contributed by atoms with Crippen molar-refractivity contribution in [3.05, 3.63) is 42.0 Å². The monoisotopic (exact) mass is 360 g/mol. The minimum atomic E-state index is 0.545. The standard InChI is InChI=1S/C22H36N2S/c1-18(2)16-20-10-13-24(14-11-20)15-12-21(23-19(3)4)17-25-22-8-6-5-7-9-22/h5-9,16,18-19,21,23H,10-15,17H2,1-4H3. The van der Waals surface area contributed by atoms with E-state index in [4.69, 9.17) is 0 Å². The van der Waals surface area contributed by atoms with E-state index in [1.165, 1.54) is 43.8 Å². The molecule has 0 aromatic heterocycles. The Morgan fingerprint density at radius 2 is 1.76 bits per heavy atom. The van der Waals surface area contributed by atoms with E-state index in [0.29, 0.717) is 18.0 Å². The molecule has 0 bridgehead atoms. The highest BCUT2D eigenvalue weighted by Crippen LogP contribution is 2.21. The van der Waals surface area contributed by atoms with E-state index in [-0.39, 0.29) is 0 Å². The zero-order chi connectivity index (χ0) is 18.1. The summed E-state index contributed by atoms with van der Waals surface area (Å²) in [6.07, 6.45) is 6.23. The number of rotatable bonds is 9. The molecule has 3 heteroatoms. The molecule has 0 spiro atoms. The van der Waals surface area contributed by atoms with E-state index in [0.717, 1.165) is 5.75 Å². The Kier molecular flexibility index (Phi) is 9.08. The lowest BCUT2D eigenvalue weighted by Crippen LogP contribution is -2.40. The number of likely N-dealkylation sites (tertiary alicyclic amines) is 1. The Hall–Kier alpha value is -0.770. The molecule has 1 heterocycles. The minimum Gasteiger partial charge on any atom is -0.311 e. The van der Waals surface area contributed by atoms with Crippen molar-refractivity contribution in [2.75, 3.05) is 25.4 Å². The number of piperidine rings is 1. The topological polar surface area (TPSA) is 15.3 Å². The summed E-state index contributed by atoms with van der Waals surface area (Å²) >= 11 is 1.97. The molecule has 1 aromatic rings. The summed E-state index contributed by atoms with van der Waals surface area (Å²) in [6, 6.07) is 11.9. The van der Waals surface area contributed by atoms with Crippen molar-refractivity contribution >= 4 is 11.8 Å². The minimum absolute atomic E-state index is 0.545. The number of hydrogen-bond donors (Lipinski definition) is 1. The van der Waals surface area contributed by atoms with E-state index < -0.39 is 0 Å². The van der Waals surface area contributed by atoms with Crippen LogP contribution < -0.4 is 5.32 Å². The van der Waals surface area contributed by atoms with Crippen molar-refractivity contribution in [1.82, 2.24) is 10.2 Å². The highest BCUT2D eigenvalue weighted by molar-refractivity contribution is 7.99. The largest absolute Gasteiger partial charge is 0.311 e. The van der Waals surface area contributed by atoms with Gasteiger partial charge >= 0.3 is 0 Å². The Balaban J connectivity index is 1.76. The molecule has 0 saturated carbocycles. The molecule has 2 nitrogen and oxygen atoms in total. The van der Waals surface area contributed by atoms with Gasteiger partial charge in [0, 0.05) is 35.8 Å². The third-order valence-electron chi connectivity index (χ3n) is 4.62. The number of nitrogens with one attached hydrogen (secondary N) is 1. The van der Waals surface area contributed by atoms with Gasteiger partial charge in [-0.05, 0) is 43.9 Å². The number of nitrogens with zero attached hydrogens (tertiary/aromatic N) is 1. The summed E-state index contributed by atoms with van der Waals surface area (Å²) in [4.78, 5) is 4.03. The van der Waals surface area contributed by atoms with Crippen LogP contribution in [-0.4, -0.2) is 42.4 Å². The van der Waals surface area contributed by atoms with Gasteiger partial charge in [-0.25, -0.2) is 0 Å². The van der Waals surface area contributed by atoms with E-state index in [1.54, 1.807) is 5.57 Å². The number of benzene rings is 1. The van der Waals surface area contributed by atoms with Crippen molar-refractivity contribution in [2.45, 2.75) is 63.9 Å². The SMILES string of the molecule is CC(C)C=C1CCN(CCC(CSc2ccccc2)NC(C)C)CC1. The van der Waals surface area contributed by atoms with Crippen molar-refractivity contribution in [3.63, 3.8) is 0 Å². The van der Waals surface area contributed by atoms with Gasteiger partial charge in [-0.2, -0.15) is 0 Å². The molecule has 0 radical (unpaired) electrons. The summed E-state index contributed by atoms with van der Waals surface area (Å²) in [7, 11) is 0. The average molecular weight is 361 g/mol. The fraction of sp³-hybridized carbons (Fsp3) is 0.636. The molecule has 140 valence electrons. The fourth-order valence-electron chi connectivity index (χ4n) is 3.44. The summed E-state index contributed by atoms with van der Waals surface area (Å²) < 4.78 is 0. The smallest absolute Gasteiger partial charge is 0.0176 e. The summed E-state index contributed by atoms with van der Waals surface area (Å²) in [5.74, 6) is 1.84. The third kappa shape index (κ3) is 8.44. The summed E-state index contributed by atoms with van der Waals surface area (Å²) in [5, 5.41) is 3.77. The van der Waals surface area contributed by atoms with Crippen LogP contribution in [0.15, 0.2) is 46.9 Å². The molecule has 25 heavy (non-hydrogen) atoms. The van der Waals surface area contributed by atoms with Crippen LogP contribution in [0.25, 0.3) is 0 Å². The van der Waals surface area contributed by atoms with E-state index in [2.05, 4.69) is 74.3 Å². The molecule has 1 aliphatic heterocycles. The second-order valence-corrected chi connectivity index (χ2v) is 8.94. The van der Waals surface area contributed by atoms with Gasteiger partial charge in [0.15, 0.2) is 0 Å². The summed E-state index contributed by atoms with van der Waals surface area (Å²) in [6.45, 7) is 12.8. The van der Waals surface area contributed by atoms with Crippen LogP contribution in [0.2, 0.25) is 0 Å². The van der Waals surface area contributed by atoms with Gasteiger partial charge in [0.25, 0.3) is 0 Å². The van der Waals surface area contributed by atoms with Crippen LogP contribution in [0, 0.1) is 5.92 Å². The number of thioether (sulfide) groups is 1. The van der Waals surface area contributed by atoms with Crippen LogP contribution in [-0.2, 0) is 0 Å². The van der Waals surface area contributed by atoms with Crippen molar-refractivity contribution in [2.24, 2.45) is 5.92 Å². The zero-order valence-corrected chi connectivity index (χ0v) is 17.3. The van der Waals surface area contributed by atoms with Gasteiger partial charge in [-0.3, -0.25) is 0 Å². The first-order chi connectivity index (χ1) is 12.0. The molecule has 1 unspecified atom stereocenters. The van der Waals surface area contributed by atoms with Gasteiger partial charge in [0.05, 0.1) is 0 Å². The quantitative estimate of drug-likeness (QED) is 0.480. The van der Waals surface area contributed by atoms with E-state index in [9.17, 15) is 0 Å². The van der Waals surface area contributed by atoms with Crippen LogP contribution in [0.4, 0.5) is 0 Å². The Morgan fingerprint density at radius 1 is 1.08 bits per heavy atom. The maximum Gasteiger partial charge on any atom is 0.0176 e. The van der Waals surface area contributed by atoms with E-state index >= 15 is 0 Å². The summed E-state index contributed by atoms with van der Waals surface area (Å²) in [5.41, 5.74) is 1.67. The first-order valence-electron chi connectivity index (χ1n) is 9.88. The average Bonchev–Trinajstić information content (AvgIpc) is 2.58. The van der Waals surface area contributed by atoms with Crippen LogP contribution >= 0.6 is 11.8 Å². The molecule has 1 aliphatic rings. The first kappa shape index (κ1) is 20.5. The second-order valence-electron chi connectivity index (χ2n) is 7.84. The highest BCUT2D eigenvalue weighted by atomic mass is 32.2. The van der Waals surface area contributed by atoms with Gasteiger partial charge in [-0.15, -0.1) is 11.8 Å². The lowest BCUT2D eigenvalue weighted by Gasteiger charge is -2.30. The lowest BCUT2D eigenvalue weighted by atomic mass is 9.99. The molecular weight excluding hydrogens is 324 g/mol. The number of hydrogen-bond acceptors (Lipinski definition) is 3. The molecule has 0 aliphatic carbocycles. The van der Waals surface area contributed by atoms with Crippen LogP contribution in [0.3, 0.4) is 0 Å². The first-order valence-corrected chi connectivity index (χ1v) is 10.9. The van der Waals surface area contributed by atoms with Crippen molar-refractivity contribution < 1.29 is 0 Å². The van der Waals surface area contributed by atoms with Gasteiger partial charge in [0.1, 0.15) is 0 Å². The Bertz CT molecular complexity index is 500. The fourth-order valence-corrected chi connectivity index (χ4v) is 4.45. The molecule has 2 rings (SSSR count). The number of allylic oxidation sites excluding steroid dienone is 1. The lowest BCUT2D eigenvalue weighted by molar-refractivity contribution is 0.241. The van der Waals surface area contributed by atoms with Crippen molar-refractivity contribution in [3.8, 4) is 0 Å². The van der Waals surface area contributed by atoms with Crippen molar-refractivity contribution in [1.29, 1.82) is 0 Å². The zero-order valence-electron chi connectivity index (χ0n) is 16.5. The molecule has 1 fully saturated rings. The maximum atomic E-state index is 3.77. The molecule has 0 amide bonds. The second kappa shape index (κ2) is 11.1. The van der Waals surface area contributed by atoms with Gasteiger partial charge < -0.3 is 10.2 Å². The van der Waals surface area contributed by atoms with E-state index in [1.807, 2.05) is 11.8 Å². The predicted molar refractivity (Wildman–Crippen MR) is 112 cm³/mol. The third-order valence-corrected chi connectivity index (χ3v) is 5.80. The maximum absolute atomic E-state index is 3.77. The molecule has 1 saturated heterocycles. The normalized spacial score (nSPS) is 17.3. The molecule has 1 N–H and O–H groups in total. The van der Waals surface area contributed by atoms with Crippen LogP contribution in [0.1, 0.15) is 47.0 Å². The van der Waals surface area contributed by atoms with Gasteiger partial charge in [0.2, 0.25) is 0 Å².